The van der Waals surface area contributed by atoms with Gasteiger partial charge in [-0.15, -0.1) is 11.6 Å². The van der Waals surface area contributed by atoms with Crippen molar-refractivity contribution >= 4 is 29.5 Å². The van der Waals surface area contributed by atoms with E-state index in [1.54, 1.807) is 0 Å². The van der Waals surface area contributed by atoms with E-state index < -0.39 is 35.3 Å². The standard InChI is InChI=1S/C6H7ClO7/c7-3(4(10)11)6(14,5(12)13)1-2(8)9/h3,14H,1H2,(H,8,9)(H,10,11)(H,12,13)/t3-,6+/m1/s1. The predicted octanol–water partition coefficient (Wildman–Crippen LogP) is -1.03. The summed E-state index contributed by atoms with van der Waals surface area (Å²) < 4.78 is 0. The van der Waals surface area contributed by atoms with Crippen LogP contribution in [0.3, 0.4) is 0 Å². The van der Waals surface area contributed by atoms with Gasteiger partial charge >= 0.3 is 17.9 Å². The van der Waals surface area contributed by atoms with E-state index in [4.69, 9.17) is 26.9 Å². The van der Waals surface area contributed by atoms with Gasteiger partial charge in [0.25, 0.3) is 0 Å². The van der Waals surface area contributed by atoms with Gasteiger partial charge in [-0.3, -0.25) is 9.59 Å². The second-order valence-corrected chi connectivity index (χ2v) is 2.94. The summed E-state index contributed by atoms with van der Waals surface area (Å²) in [7, 11) is 0. The average molecular weight is 227 g/mol. The lowest BCUT2D eigenvalue weighted by atomic mass is 9.95. The molecule has 80 valence electrons. The summed E-state index contributed by atoms with van der Waals surface area (Å²) in [5.74, 6) is -5.47. The van der Waals surface area contributed by atoms with Crippen LogP contribution in [0.1, 0.15) is 6.42 Å². The summed E-state index contributed by atoms with van der Waals surface area (Å²) in [6.07, 6.45) is -1.29. The summed E-state index contributed by atoms with van der Waals surface area (Å²) in [6.45, 7) is 0. The number of hydrogen-bond donors (Lipinski definition) is 4. The van der Waals surface area contributed by atoms with Crippen LogP contribution in [-0.4, -0.2) is 49.3 Å². The van der Waals surface area contributed by atoms with Crippen molar-refractivity contribution < 1.29 is 34.8 Å². The van der Waals surface area contributed by atoms with Gasteiger partial charge in [-0.1, -0.05) is 0 Å². The number of aliphatic hydroxyl groups is 1. The van der Waals surface area contributed by atoms with Crippen molar-refractivity contribution in [3.8, 4) is 0 Å². The number of aliphatic carboxylic acids is 3. The van der Waals surface area contributed by atoms with Crippen molar-refractivity contribution in [2.24, 2.45) is 0 Å². The van der Waals surface area contributed by atoms with Crippen LogP contribution in [0, 0.1) is 0 Å². The molecule has 0 amide bonds. The predicted molar refractivity (Wildman–Crippen MR) is 42.1 cm³/mol. The Kier molecular flexibility index (Phi) is 3.84. The molecule has 0 fully saturated rings. The number of hydrogen-bond acceptors (Lipinski definition) is 4. The quantitative estimate of drug-likeness (QED) is 0.441. The summed E-state index contributed by atoms with van der Waals surface area (Å²) >= 11 is 5.07. The topological polar surface area (TPSA) is 132 Å². The van der Waals surface area contributed by atoms with E-state index in [1.807, 2.05) is 0 Å². The maximum atomic E-state index is 10.4. The third-order valence-corrected chi connectivity index (χ3v) is 1.97. The Labute approximate surface area is 82.5 Å². The van der Waals surface area contributed by atoms with Crippen LogP contribution in [0.15, 0.2) is 0 Å². The second-order valence-electron chi connectivity index (χ2n) is 2.50. The molecule has 14 heavy (non-hydrogen) atoms. The van der Waals surface area contributed by atoms with Gasteiger partial charge in [0.15, 0.2) is 11.0 Å². The van der Waals surface area contributed by atoms with Crippen LogP contribution in [-0.2, 0) is 14.4 Å². The van der Waals surface area contributed by atoms with Crippen LogP contribution in [0.5, 0.6) is 0 Å². The van der Waals surface area contributed by atoms with Crippen molar-refractivity contribution in [2.45, 2.75) is 17.4 Å². The number of rotatable bonds is 5. The van der Waals surface area contributed by atoms with E-state index in [0.717, 1.165) is 0 Å². The largest absolute Gasteiger partial charge is 0.481 e. The Morgan fingerprint density at radius 3 is 1.86 bits per heavy atom. The molecule has 4 N–H and O–H groups in total. The van der Waals surface area contributed by atoms with Crippen molar-refractivity contribution in [1.82, 2.24) is 0 Å². The highest BCUT2D eigenvalue weighted by molar-refractivity contribution is 6.32. The highest BCUT2D eigenvalue weighted by Gasteiger charge is 2.49. The first kappa shape index (κ1) is 12.7. The van der Waals surface area contributed by atoms with Gasteiger partial charge in [-0.05, 0) is 0 Å². The Morgan fingerprint density at radius 2 is 1.64 bits per heavy atom. The molecule has 0 saturated heterocycles. The molecule has 0 saturated carbocycles. The molecular formula is C6H7ClO7. The fraction of sp³-hybridized carbons (Fsp3) is 0.500. The SMILES string of the molecule is O=C(O)C[C@@](O)(C(=O)O)[C@H](Cl)C(=O)O. The Morgan fingerprint density at radius 1 is 1.21 bits per heavy atom. The molecule has 0 aromatic carbocycles. The van der Waals surface area contributed by atoms with E-state index in [9.17, 15) is 19.5 Å². The van der Waals surface area contributed by atoms with Crippen molar-refractivity contribution in [2.75, 3.05) is 0 Å². The molecule has 0 radical (unpaired) electrons. The van der Waals surface area contributed by atoms with E-state index in [-0.39, 0.29) is 0 Å². The molecule has 0 bridgehead atoms. The third-order valence-electron chi connectivity index (χ3n) is 1.43. The van der Waals surface area contributed by atoms with Gasteiger partial charge in [-0.25, -0.2) is 4.79 Å². The minimum atomic E-state index is -3.01. The molecule has 0 spiro atoms. The Balaban J connectivity index is 4.99. The molecular weight excluding hydrogens is 220 g/mol. The van der Waals surface area contributed by atoms with Gasteiger partial charge < -0.3 is 20.4 Å². The minimum absolute atomic E-state index is 1.29. The van der Waals surface area contributed by atoms with Crippen molar-refractivity contribution in [3.05, 3.63) is 0 Å². The maximum Gasteiger partial charge on any atom is 0.338 e. The number of carbonyl (C=O) groups is 3. The smallest absolute Gasteiger partial charge is 0.338 e. The lowest BCUT2D eigenvalue weighted by Crippen LogP contribution is -2.51. The molecule has 0 rings (SSSR count). The Bertz CT molecular complexity index is 275. The highest BCUT2D eigenvalue weighted by Crippen LogP contribution is 2.21. The summed E-state index contributed by atoms with van der Waals surface area (Å²) in [4.78, 5) is 30.9. The lowest BCUT2D eigenvalue weighted by Gasteiger charge is -2.23. The first-order valence-corrected chi connectivity index (χ1v) is 3.70. The molecule has 0 heterocycles. The molecule has 7 nitrogen and oxygen atoms in total. The minimum Gasteiger partial charge on any atom is -0.481 e. The Hall–Kier alpha value is -1.34. The lowest BCUT2D eigenvalue weighted by molar-refractivity contribution is -0.169. The summed E-state index contributed by atoms with van der Waals surface area (Å²) in [5.41, 5.74) is -3.01. The zero-order valence-corrected chi connectivity index (χ0v) is 7.43. The molecule has 0 aliphatic carbocycles. The van der Waals surface area contributed by atoms with Crippen LogP contribution < -0.4 is 0 Å². The first-order valence-electron chi connectivity index (χ1n) is 3.26. The maximum absolute atomic E-state index is 10.4. The van der Waals surface area contributed by atoms with Gasteiger partial charge in [-0.2, -0.15) is 0 Å². The number of carboxylic acids is 3. The van der Waals surface area contributed by atoms with E-state index >= 15 is 0 Å². The molecule has 0 unspecified atom stereocenters. The van der Waals surface area contributed by atoms with Crippen LogP contribution in [0.2, 0.25) is 0 Å². The zero-order valence-electron chi connectivity index (χ0n) is 6.68. The zero-order chi connectivity index (χ0) is 11.5. The monoisotopic (exact) mass is 226 g/mol. The molecule has 8 heteroatoms. The van der Waals surface area contributed by atoms with Crippen LogP contribution in [0.4, 0.5) is 0 Å². The normalized spacial score (nSPS) is 16.7. The van der Waals surface area contributed by atoms with Crippen molar-refractivity contribution in [3.63, 3.8) is 0 Å². The fourth-order valence-electron chi connectivity index (χ4n) is 0.708. The van der Waals surface area contributed by atoms with Gasteiger partial charge in [0.2, 0.25) is 0 Å². The molecule has 0 aromatic rings. The molecule has 0 aromatic heterocycles. The third kappa shape index (κ3) is 2.57. The van der Waals surface area contributed by atoms with Gasteiger partial charge in [0, 0.05) is 0 Å². The number of alkyl halides is 1. The van der Waals surface area contributed by atoms with Crippen molar-refractivity contribution in [1.29, 1.82) is 0 Å². The molecule has 0 aliphatic rings. The summed E-state index contributed by atoms with van der Waals surface area (Å²) in [6, 6.07) is 0. The van der Waals surface area contributed by atoms with Crippen LogP contribution in [0.25, 0.3) is 0 Å². The van der Waals surface area contributed by atoms with E-state index in [1.165, 1.54) is 0 Å². The highest BCUT2D eigenvalue weighted by atomic mass is 35.5. The second kappa shape index (κ2) is 4.25. The fourth-order valence-corrected chi connectivity index (χ4v) is 0.879. The summed E-state index contributed by atoms with van der Waals surface area (Å²) in [5, 5.41) is 32.0. The van der Waals surface area contributed by atoms with Gasteiger partial charge in [0.05, 0.1) is 6.42 Å². The molecule has 0 aliphatic heterocycles. The van der Waals surface area contributed by atoms with Crippen LogP contribution >= 0.6 is 11.6 Å². The molecule has 2 atom stereocenters. The van der Waals surface area contributed by atoms with E-state index in [0.29, 0.717) is 0 Å². The first-order chi connectivity index (χ1) is 6.21. The average Bonchev–Trinajstić information content (AvgIpc) is 2.00. The number of carboxylic acid groups (broad SMARTS) is 3. The van der Waals surface area contributed by atoms with Gasteiger partial charge in [0.1, 0.15) is 0 Å². The van der Waals surface area contributed by atoms with E-state index in [2.05, 4.69) is 0 Å². The number of halogens is 1.